The third kappa shape index (κ3) is 10.0. The van der Waals surface area contributed by atoms with E-state index in [1.54, 1.807) is 43.3 Å². The number of nitrogens with one attached hydrogen (secondary N) is 3. The number of hydrogen-bond donors (Lipinski definition) is 6. The van der Waals surface area contributed by atoms with Crippen molar-refractivity contribution in [2.24, 2.45) is 5.73 Å². The topological polar surface area (TPSA) is 335 Å². The Morgan fingerprint density at radius 2 is 1.84 bits per heavy atom. The molecule has 2 aliphatic rings. The van der Waals surface area contributed by atoms with Gasteiger partial charge in [0.1, 0.15) is 36.4 Å². The van der Waals surface area contributed by atoms with Crippen LogP contribution in [0.15, 0.2) is 58.8 Å². The molecule has 309 valence electrons. The average Bonchev–Trinajstić information content (AvgIpc) is 3.84. The number of nitrogens with two attached hydrogens (primary N) is 1. The smallest absolute Gasteiger partial charge is 0.330 e. The fourth-order valence-electron chi connectivity index (χ4n) is 6.22. The van der Waals surface area contributed by atoms with Gasteiger partial charge in [-0.2, -0.15) is 4.98 Å². The lowest BCUT2D eigenvalue weighted by molar-refractivity contribution is -0.745. The van der Waals surface area contributed by atoms with Gasteiger partial charge in [0.05, 0.1) is 32.4 Å². The minimum absolute atomic E-state index is 0.0875. The second-order valence-corrected chi connectivity index (χ2v) is 15.6. The molecule has 2 saturated heterocycles. The third-order valence-electron chi connectivity index (χ3n) is 8.94. The van der Waals surface area contributed by atoms with E-state index >= 15 is 0 Å². The number of carbonyl (C=O) groups excluding carboxylic acids is 1. The Morgan fingerprint density at radius 1 is 1.12 bits per heavy atom. The predicted molar refractivity (Wildman–Crippen MR) is 189 cm³/mol. The maximum Gasteiger partial charge on any atom is 0.330 e. The molecule has 1 aromatic carbocycles. The zero-order valence-electron chi connectivity index (χ0n) is 30.3. The zero-order valence-corrected chi connectivity index (χ0v) is 32.1. The molecule has 10 unspecified atom stereocenters. The van der Waals surface area contributed by atoms with Crippen LogP contribution >= 0.6 is 15.6 Å². The molecular weight excluding hydrogens is 800 g/mol. The summed E-state index contributed by atoms with van der Waals surface area (Å²) in [6.45, 7) is -1.81. The van der Waals surface area contributed by atoms with Crippen LogP contribution in [0, 0.1) is 6.42 Å². The number of rotatable bonds is 16. The number of benzene rings is 1. The van der Waals surface area contributed by atoms with Crippen LogP contribution < -0.4 is 46.3 Å². The van der Waals surface area contributed by atoms with Crippen molar-refractivity contribution in [2.75, 3.05) is 39.3 Å². The fourth-order valence-corrected chi connectivity index (χ4v) is 7.45. The van der Waals surface area contributed by atoms with Crippen LogP contribution in [0.25, 0.3) is 11.2 Å². The van der Waals surface area contributed by atoms with E-state index in [2.05, 4.69) is 24.8 Å². The Kier molecular flexibility index (Phi) is 12.7. The van der Waals surface area contributed by atoms with Crippen LogP contribution in [0.1, 0.15) is 18.0 Å². The molecule has 57 heavy (non-hydrogen) atoms. The number of nitrogens with zero attached hydrogens (tertiary/aromatic N) is 5. The van der Waals surface area contributed by atoms with Gasteiger partial charge < -0.3 is 63.5 Å². The number of phosphoric ester groups is 2. The summed E-state index contributed by atoms with van der Waals surface area (Å²) in [5.74, 6) is 0.389. The molecule has 1 amide bonds. The molecule has 2 aliphatic heterocycles. The van der Waals surface area contributed by atoms with Crippen LogP contribution in [0.5, 0.6) is 5.75 Å². The van der Waals surface area contributed by atoms with E-state index in [1.165, 1.54) is 24.3 Å². The van der Waals surface area contributed by atoms with Gasteiger partial charge in [0.2, 0.25) is 17.7 Å². The number of anilines is 1. The number of amides is 1. The van der Waals surface area contributed by atoms with Gasteiger partial charge >= 0.3 is 11.3 Å². The number of ether oxygens (including phenoxy) is 3. The fraction of sp³-hybridized carbons (Fsp3) is 0.452. The number of fused-ring (bicyclic) bond motifs is 1. The van der Waals surface area contributed by atoms with E-state index in [0.29, 0.717) is 28.3 Å². The molecule has 1 radical (unpaired) electrons. The molecule has 0 bridgehead atoms. The number of aliphatic hydroxyl groups excluding tert-OH is 1. The quantitative estimate of drug-likeness (QED) is 0.0474. The van der Waals surface area contributed by atoms with Crippen molar-refractivity contribution >= 4 is 38.5 Å². The summed E-state index contributed by atoms with van der Waals surface area (Å²) in [6, 6.07) is 5.37. The maximum absolute atomic E-state index is 13.5. The highest BCUT2D eigenvalue weighted by Crippen LogP contribution is 2.46. The molecule has 10 atom stereocenters. The van der Waals surface area contributed by atoms with E-state index in [1.807, 2.05) is 4.98 Å². The Bertz CT molecular complexity index is 2270. The normalized spacial score (nSPS) is 26.1. The monoisotopic (exact) mass is 839 g/mol. The highest BCUT2D eigenvalue weighted by Gasteiger charge is 2.49. The number of aromatic nitrogens is 6. The number of phosphoric acid groups is 2. The first-order valence-electron chi connectivity index (χ1n) is 17.0. The molecule has 7 N–H and O–H groups in total. The molecule has 6 rings (SSSR count). The summed E-state index contributed by atoms with van der Waals surface area (Å²) < 4.78 is 58.6. The molecule has 4 aromatic rings. The van der Waals surface area contributed by atoms with Crippen LogP contribution in [-0.2, 0) is 43.4 Å². The average molecular weight is 840 g/mol. The molecule has 0 spiro atoms. The summed E-state index contributed by atoms with van der Waals surface area (Å²) in [7, 11) is -5.75. The summed E-state index contributed by atoms with van der Waals surface area (Å²) in [4.78, 5) is 86.5. The molecule has 3 aromatic heterocycles. The van der Waals surface area contributed by atoms with Crippen molar-refractivity contribution in [1.82, 2.24) is 29.8 Å². The maximum atomic E-state index is 13.5. The molecule has 0 saturated carbocycles. The van der Waals surface area contributed by atoms with E-state index in [-0.39, 0.29) is 6.42 Å². The van der Waals surface area contributed by atoms with E-state index < -0.39 is 95.0 Å². The predicted octanol–water partition coefficient (Wildman–Crippen LogP) is -3.37. The Balaban J connectivity index is 1.21. The number of aromatic amines is 2. The van der Waals surface area contributed by atoms with Crippen molar-refractivity contribution in [3.8, 4) is 5.75 Å². The second kappa shape index (κ2) is 17.2. The van der Waals surface area contributed by atoms with Crippen molar-refractivity contribution in [1.29, 1.82) is 0 Å². The lowest BCUT2D eigenvalue weighted by Gasteiger charge is -2.30. The third-order valence-corrected chi connectivity index (χ3v) is 10.4. The zero-order chi connectivity index (χ0) is 41.2. The van der Waals surface area contributed by atoms with Crippen LogP contribution in [-0.4, -0.2) is 111 Å². The van der Waals surface area contributed by atoms with E-state index in [0.717, 1.165) is 23.3 Å². The molecule has 26 heteroatoms. The lowest BCUT2D eigenvalue weighted by atomic mass is 10.0. The van der Waals surface area contributed by atoms with E-state index in [4.69, 9.17) is 33.9 Å². The lowest BCUT2D eigenvalue weighted by Crippen LogP contribution is -2.55. The number of methoxy groups -OCH3 is 1. The number of carbonyl (C=O) groups is 1. The molecule has 2 fully saturated rings. The largest absolute Gasteiger partial charge is 0.756 e. The number of imidazole rings is 1. The number of H-pyrrole nitrogens is 2. The summed E-state index contributed by atoms with van der Waals surface area (Å²) in [5, 5.41) is 14.3. The van der Waals surface area contributed by atoms with Crippen molar-refractivity contribution in [2.45, 2.75) is 55.4 Å². The molecule has 0 aliphatic carbocycles. The summed E-state index contributed by atoms with van der Waals surface area (Å²) in [6.07, 6.45) is -3.91. The second-order valence-electron chi connectivity index (χ2n) is 13.1. The van der Waals surface area contributed by atoms with Gasteiger partial charge in [0.25, 0.3) is 21.2 Å². The van der Waals surface area contributed by atoms with Crippen molar-refractivity contribution in [3.63, 3.8) is 0 Å². The van der Waals surface area contributed by atoms with Gasteiger partial charge in [-0.15, -0.1) is 0 Å². The highest BCUT2D eigenvalue weighted by atomic mass is 31.2. The minimum Gasteiger partial charge on any atom is -0.756 e. The van der Waals surface area contributed by atoms with Gasteiger partial charge in [0, 0.05) is 32.8 Å². The van der Waals surface area contributed by atoms with Crippen LogP contribution in [0.2, 0.25) is 0 Å². The highest BCUT2D eigenvalue weighted by molar-refractivity contribution is 7.46. The summed E-state index contributed by atoms with van der Waals surface area (Å²) in [5.41, 5.74) is 6.03. The number of aliphatic hydroxyl groups is 1. The van der Waals surface area contributed by atoms with Crippen molar-refractivity contribution in [3.05, 3.63) is 82.0 Å². The van der Waals surface area contributed by atoms with Gasteiger partial charge in [-0.1, -0.05) is 17.1 Å². The minimum atomic E-state index is -5.44. The van der Waals surface area contributed by atoms with Gasteiger partial charge in [-0.05, 0) is 24.1 Å². The summed E-state index contributed by atoms with van der Waals surface area (Å²) >= 11 is 0. The first-order chi connectivity index (χ1) is 26.9. The van der Waals surface area contributed by atoms with Gasteiger partial charge in [0.15, 0.2) is 18.5 Å². The molecule has 24 nitrogen and oxygen atoms in total. The first-order valence-corrected chi connectivity index (χ1v) is 20.0. The Hall–Kier alpha value is -4.42. The first kappa shape index (κ1) is 42.2. The van der Waals surface area contributed by atoms with Crippen molar-refractivity contribution < 1.29 is 66.1 Å². The molecule has 5 heterocycles. The van der Waals surface area contributed by atoms with Crippen LogP contribution in [0.4, 0.5) is 5.82 Å². The van der Waals surface area contributed by atoms with Crippen LogP contribution in [0.3, 0.4) is 0 Å². The SMILES string of the molecule is COc1ccc(CC(N)C(=O)NC2C(COP(=O)([O-])OC3[CH]C(n4ccc(=O)[nH]c4=O)OC3COP(=O)([O-])O)OC([n+]3c[nH]c4c(N(C)C)ncnc43)C2O)cc1. The Morgan fingerprint density at radius 3 is 2.51 bits per heavy atom. The molecular formula is C31H39N9O15P2-. The van der Waals surface area contributed by atoms with E-state index in [9.17, 15) is 38.4 Å². The standard InChI is InChI=1S/C31H40N9O15P2/c1-38(2)27-25-28(34-14-33-27)40(15-35-25)30-26(42)24(37-29(43)18(32)10-16-4-6-17(50-3)7-5-16)21(54-30)13-52-57(48,49)55-19-11-23(39-9-8-22(41)36-31(39)44)53-20(19)12-51-56(45,46)47/h4-9,11,14-15,18-21,23-24,26,30,42H,10,12-13,32H2,1-3H3,(H5,36,37,41,43,44,45,46,47,48,49)/p-1. The Labute approximate surface area is 322 Å². The van der Waals surface area contributed by atoms with Gasteiger partial charge in [-0.3, -0.25) is 33.3 Å². The van der Waals surface area contributed by atoms with Gasteiger partial charge in [-0.25, -0.2) is 9.36 Å². The number of hydrogen-bond acceptors (Lipinski definition) is 18.